The highest BCUT2D eigenvalue weighted by molar-refractivity contribution is 14.1. The Hall–Kier alpha value is -0.0500. The van der Waals surface area contributed by atoms with Crippen molar-refractivity contribution in [1.82, 2.24) is 0 Å². The molecule has 0 saturated carbocycles. The maximum atomic E-state index is 3.24. The van der Waals surface area contributed by atoms with Crippen molar-refractivity contribution < 1.29 is 0 Å². The van der Waals surface area contributed by atoms with Gasteiger partial charge in [-0.15, -0.1) is 0 Å². The molecule has 1 aromatic carbocycles. The van der Waals surface area contributed by atoms with Gasteiger partial charge in [0.1, 0.15) is 0 Å². The fraction of sp³-hybridized carbons (Fsp3) is 0.250. The zero-order chi connectivity index (χ0) is 6.69. The molecule has 0 saturated heterocycles. The first-order chi connectivity index (χ1) is 4.33. The second-order valence-corrected chi connectivity index (χ2v) is 3.04. The molecule has 0 atom stereocenters. The number of benzene rings is 1. The van der Waals surface area contributed by atoms with Gasteiger partial charge in [-0.2, -0.15) is 0 Å². The number of halogens is 1. The Bertz CT molecular complexity index is 194. The zero-order valence-corrected chi connectivity index (χ0v) is 7.47. The van der Waals surface area contributed by atoms with Crippen LogP contribution in [0.4, 0.5) is 0 Å². The van der Waals surface area contributed by atoms with Gasteiger partial charge in [-0.3, -0.25) is 0 Å². The van der Waals surface area contributed by atoms with Crippen LogP contribution in [-0.2, 0) is 6.42 Å². The average molecular weight is 231 g/mol. The first kappa shape index (κ1) is 7.06. The van der Waals surface area contributed by atoms with Gasteiger partial charge in [-0.1, -0.05) is 19.1 Å². The van der Waals surface area contributed by atoms with E-state index in [4.69, 9.17) is 0 Å². The van der Waals surface area contributed by atoms with Gasteiger partial charge < -0.3 is 0 Å². The first-order valence-electron chi connectivity index (χ1n) is 2.99. The smallest absolute Gasteiger partial charge is 0.0212 e. The third kappa shape index (κ3) is 1.97. The predicted molar refractivity (Wildman–Crippen MR) is 47.4 cm³/mol. The highest BCUT2D eigenvalue weighted by Gasteiger charge is 1.88. The van der Waals surface area contributed by atoms with Gasteiger partial charge in [0.2, 0.25) is 0 Å². The van der Waals surface area contributed by atoms with Crippen molar-refractivity contribution in [2.45, 2.75) is 13.3 Å². The Morgan fingerprint density at radius 1 is 1.56 bits per heavy atom. The topological polar surface area (TPSA) is 0 Å². The van der Waals surface area contributed by atoms with Crippen LogP contribution in [0.5, 0.6) is 0 Å². The van der Waals surface area contributed by atoms with Crippen molar-refractivity contribution in [3.05, 3.63) is 33.4 Å². The molecule has 0 unspecified atom stereocenters. The Morgan fingerprint density at radius 2 is 2.33 bits per heavy atom. The highest BCUT2D eigenvalue weighted by atomic mass is 127. The van der Waals surface area contributed by atoms with Gasteiger partial charge >= 0.3 is 0 Å². The summed E-state index contributed by atoms with van der Waals surface area (Å²) in [4.78, 5) is 0. The molecule has 1 aromatic rings. The molecule has 0 spiro atoms. The molecule has 1 heteroatoms. The van der Waals surface area contributed by atoms with Crippen LogP contribution in [-0.4, -0.2) is 0 Å². The average Bonchev–Trinajstić information content (AvgIpc) is 1.88. The van der Waals surface area contributed by atoms with E-state index >= 15 is 0 Å². The summed E-state index contributed by atoms with van der Waals surface area (Å²) in [5.41, 5.74) is 1.29. The number of hydrogen-bond donors (Lipinski definition) is 0. The summed E-state index contributed by atoms with van der Waals surface area (Å²) in [7, 11) is 0. The van der Waals surface area contributed by atoms with Crippen LogP contribution in [0.2, 0.25) is 0 Å². The van der Waals surface area contributed by atoms with Crippen molar-refractivity contribution in [2.75, 3.05) is 0 Å². The van der Waals surface area contributed by atoms with Crippen LogP contribution in [0.1, 0.15) is 12.5 Å². The van der Waals surface area contributed by atoms with Crippen molar-refractivity contribution in [3.8, 4) is 0 Å². The van der Waals surface area contributed by atoms with Gasteiger partial charge in [-0.05, 0) is 46.7 Å². The van der Waals surface area contributed by atoms with Crippen LogP contribution >= 0.6 is 22.6 Å². The summed E-state index contributed by atoms with van der Waals surface area (Å²) in [5.74, 6) is 0. The van der Waals surface area contributed by atoms with E-state index in [9.17, 15) is 0 Å². The fourth-order valence-electron chi connectivity index (χ4n) is 0.692. The minimum atomic E-state index is 1.08. The minimum absolute atomic E-state index is 1.08. The second kappa shape index (κ2) is 3.20. The lowest BCUT2D eigenvalue weighted by Gasteiger charge is -1.93. The monoisotopic (exact) mass is 231 g/mol. The van der Waals surface area contributed by atoms with E-state index in [1.165, 1.54) is 9.13 Å². The SMILES string of the molecule is CCc1[c]c(I)ccc1. The maximum absolute atomic E-state index is 3.24. The third-order valence-corrected chi connectivity index (χ3v) is 1.83. The molecule has 0 aliphatic rings. The summed E-state index contributed by atoms with van der Waals surface area (Å²) in [6, 6.07) is 9.46. The first-order valence-corrected chi connectivity index (χ1v) is 4.07. The van der Waals surface area contributed by atoms with Crippen LogP contribution in [0.25, 0.3) is 0 Å². The lowest BCUT2D eigenvalue weighted by Crippen LogP contribution is -1.79. The number of hydrogen-bond acceptors (Lipinski definition) is 0. The standard InChI is InChI=1S/C8H8I/c1-2-7-4-3-5-8(9)6-7/h3-5H,2H2,1H3. The Labute approximate surface area is 69.4 Å². The van der Waals surface area contributed by atoms with E-state index in [0.717, 1.165) is 6.42 Å². The summed E-state index contributed by atoms with van der Waals surface area (Å²) in [6.07, 6.45) is 1.08. The molecule has 0 fully saturated rings. The van der Waals surface area contributed by atoms with Crippen molar-refractivity contribution in [1.29, 1.82) is 0 Å². The van der Waals surface area contributed by atoms with E-state index in [1.807, 2.05) is 0 Å². The molecule has 0 aliphatic carbocycles. The molecule has 9 heavy (non-hydrogen) atoms. The minimum Gasteiger partial charge on any atom is -0.0613 e. The molecule has 1 radical (unpaired) electrons. The van der Waals surface area contributed by atoms with Crippen LogP contribution < -0.4 is 0 Å². The van der Waals surface area contributed by atoms with Crippen molar-refractivity contribution in [2.24, 2.45) is 0 Å². The Kier molecular flexibility index (Phi) is 2.51. The normalized spacial score (nSPS) is 9.56. The maximum Gasteiger partial charge on any atom is 0.0212 e. The molecule has 0 nitrogen and oxygen atoms in total. The summed E-state index contributed by atoms with van der Waals surface area (Å²) in [6.45, 7) is 2.14. The molecule has 0 aromatic heterocycles. The molecule has 0 heterocycles. The third-order valence-electron chi connectivity index (χ3n) is 1.20. The summed E-state index contributed by atoms with van der Waals surface area (Å²) in [5, 5.41) is 0. The molecular formula is C8H8I. The lowest BCUT2D eigenvalue weighted by molar-refractivity contribution is 1.13. The second-order valence-electron chi connectivity index (χ2n) is 1.88. The summed E-state index contributed by atoms with van der Waals surface area (Å²) < 4.78 is 1.20. The largest absolute Gasteiger partial charge is 0.0613 e. The van der Waals surface area contributed by atoms with E-state index in [-0.39, 0.29) is 0 Å². The quantitative estimate of drug-likeness (QED) is 0.652. The van der Waals surface area contributed by atoms with Crippen molar-refractivity contribution in [3.63, 3.8) is 0 Å². The Morgan fingerprint density at radius 3 is 2.78 bits per heavy atom. The van der Waals surface area contributed by atoms with Gasteiger partial charge in [0, 0.05) is 3.57 Å². The number of rotatable bonds is 1. The Balaban J connectivity index is 2.94. The van der Waals surface area contributed by atoms with Crippen LogP contribution in [0.3, 0.4) is 0 Å². The van der Waals surface area contributed by atoms with Gasteiger partial charge in [0.15, 0.2) is 0 Å². The van der Waals surface area contributed by atoms with Crippen molar-refractivity contribution >= 4 is 22.6 Å². The molecule has 0 amide bonds. The molecule has 0 N–H and O–H groups in total. The number of aryl methyl sites for hydroxylation is 1. The van der Waals surface area contributed by atoms with Crippen LogP contribution in [0.15, 0.2) is 18.2 Å². The molecule has 0 aliphatic heterocycles. The zero-order valence-electron chi connectivity index (χ0n) is 5.32. The van der Waals surface area contributed by atoms with Gasteiger partial charge in [0.05, 0.1) is 0 Å². The van der Waals surface area contributed by atoms with Gasteiger partial charge in [-0.25, -0.2) is 0 Å². The molecule has 47 valence electrons. The summed E-state index contributed by atoms with van der Waals surface area (Å²) >= 11 is 2.27. The van der Waals surface area contributed by atoms with E-state index in [2.05, 4.69) is 53.8 Å². The van der Waals surface area contributed by atoms with E-state index in [0.29, 0.717) is 0 Å². The van der Waals surface area contributed by atoms with E-state index < -0.39 is 0 Å². The fourth-order valence-corrected chi connectivity index (χ4v) is 1.25. The predicted octanol–water partition coefficient (Wildman–Crippen LogP) is 2.65. The lowest BCUT2D eigenvalue weighted by atomic mass is 10.2. The van der Waals surface area contributed by atoms with E-state index in [1.54, 1.807) is 0 Å². The van der Waals surface area contributed by atoms with Crippen LogP contribution in [0, 0.1) is 9.64 Å². The van der Waals surface area contributed by atoms with Gasteiger partial charge in [0.25, 0.3) is 0 Å². The highest BCUT2D eigenvalue weighted by Crippen LogP contribution is 2.06. The molecule has 0 bridgehead atoms. The molecular weight excluding hydrogens is 223 g/mol. The molecule has 1 rings (SSSR count).